The van der Waals surface area contributed by atoms with Crippen LogP contribution in [0, 0.1) is 12.8 Å². The molecule has 1 aromatic rings. The molecule has 0 aromatic carbocycles. The van der Waals surface area contributed by atoms with Crippen LogP contribution in [0.15, 0.2) is 6.20 Å². The van der Waals surface area contributed by atoms with Crippen molar-refractivity contribution in [3.63, 3.8) is 0 Å². The van der Waals surface area contributed by atoms with Crippen LogP contribution in [0.5, 0.6) is 5.75 Å². The molecule has 4 nitrogen and oxygen atoms in total. The quantitative estimate of drug-likeness (QED) is 0.709. The van der Waals surface area contributed by atoms with E-state index >= 15 is 0 Å². The van der Waals surface area contributed by atoms with E-state index in [1.807, 2.05) is 0 Å². The molecule has 4 heteroatoms. The first kappa shape index (κ1) is 15.9. The van der Waals surface area contributed by atoms with E-state index in [2.05, 4.69) is 31.1 Å². The fourth-order valence-corrected chi connectivity index (χ4v) is 2.44. The Morgan fingerprint density at radius 3 is 2.47 bits per heavy atom. The summed E-state index contributed by atoms with van der Waals surface area (Å²) in [7, 11) is 0. The van der Waals surface area contributed by atoms with Gasteiger partial charge in [0, 0.05) is 29.9 Å². The summed E-state index contributed by atoms with van der Waals surface area (Å²) in [5.74, 6) is 0.818. The molecule has 0 saturated heterocycles. The van der Waals surface area contributed by atoms with E-state index in [1.165, 1.54) is 0 Å². The Bertz CT molecular complexity index is 403. The normalized spacial score (nSPS) is 12.9. The molecule has 0 radical (unpaired) electrons. The molecule has 1 unspecified atom stereocenters. The lowest BCUT2D eigenvalue weighted by Gasteiger charge is -2.23. The summed E-state index contributed by atoms with van der Waals surface area (Å²) in [5.41, 5.74) is 2.05. The molecule has 108 valence electrons. The van der Waals surface area contributed by atoms with E-state index in [0.717, 1.165) is 18.4 Å². The van der Waals surface area contributed by atoms with Gasteiger partial charge in [0.15, 0.2) is 0 Å². The maximum absolute atomic E-state index is 10.1. The zero-order valence-corrected chi connectivity index (χ0v) is 12.4. The summed E-state index contributed by atoms with van der Waals surface area (Å²) in [6.07, 6.45) is 3.91. The summed E-state index contributed by atoms with van der Waals surface area (Å²) < 4.78 is 0. The van der Waals surface area contributed by atoms with E-state index in [9.17, 15) is 10.2 Å². The first-order chi connectivity index (χ1) is 9.04. The molecule has 1 atom stereocenters. The predicted molar refractivity (Wildman–Crippen MR) is 76.9 cm³/mol. The number of rotatable bonds is 7. The third-order valence-corrected chi connectivity index (χ3v) is 3.96. The number of hydrogen-bond acceptors (Lipinski definition) is 4. The van der Waals surface area contributed by atoms with Gasteiger partial charge in [-0.15, -0.1) is 0 Å². The molecule has 0 aliphatic rings. The summed E-state index contributed by atoms with van der Waals surface area (Å²) in [6, 6.07) is 0.384. The fourth-order valence-electron chi connectivity index (χ4n) is 2.44. The van der Waals surface area contributed by atoms with Gasteiger partial charge in [0.1, 0.15) is 5.75 Å². The molecule has 0 spiro atoms. The Balaban J connectivity index is 2.79. The highest BCUT2D eigenvalue weighted by Crippen LogP contribution is 2.24. The maximum Gasteiger partial charge on any atom is 0.141 e. The van der Waals surface area contributed by atoms with Crippen LogP contribution in [0.3, 0.4) is 0 Å². The van der Waals surface area contributed by atoms with Crippen molar-refractivity contribution >= 4 is 0 Å². The highest BCUT2D eigenvalue weighted by Gasteiger charge is 2.16. The van der Waals surface area contributed by atoms with Gasteiger partial charge in [-0.2, -0.15) is 0 Å². The smallest absolute Gasteiger partial charge is 0.141 e. The molecule has 1 aromatic heterocycles. The number of aliphatic hydroxyl groups is 1. The Hall–Kier alpha value is -1.13. The van der Waals surface area contributed by atoms with Crippen molar-refractivity contribution in [2.75, 3.05) is 0 Å². The van der Waals surface area contributed by atoms with Crippen LogP contribution in [0.2, 0.25) is 0 Å². The van der Waals surface area contributed by atoms with Crippen LogP contribution < -0.4 is 5.32 Å². The summed E-state index contributed by atoms with van der Waals surface area (Å²) in [4.78, 5) is 4.07. The number of nitrogens with zero attached hydrogens (tertiary/aromatic N) is 1. The number of aromatic nitrogens is 1. The van der Waals surface area contributed by atoms with Crippen LogP contribution in [-0.4, -0.2) is 21.2 Å². The number of aliphatic hydroxyl groups excluding tert-OH is 1. The SMILES string of the molecule is CCC(CC)C(C)NCc1c(CO)cnc(C)c1O. The molecule has 0 bridgehead atoms. The first-order valence-electron chi connectivity index (χ1n) is 7.05. The number of hydrogen-bond donors (Lipinski definition) is 3. The van der Waals surface area contributed by atoms with Crippen LogP contribution in [0.25, 0.3) is 0 Å². The average molecular weight is 266 g/mol. The Labute approximate surface area is 115 Å². The maximum atomic E-state index is 10.1. The number of aromatic hydroxyl groups is 1. The highest BCUT2D eigenvalue weighted by atomic mass is 16.3. The van der Waals surface area contributed by atoms with Crippen molar-refractivity contribution in [1.82, 2.24) is 10.3 Å². The van der Waals surface area contributed by atoms with Gasteiger partial charge < -0.3 is 15.5 Å². The number of nitrogens with one attached hydrogen (secondary N) is 1. The summed E-state index contributed by atoms with van der Waals surface area (Å²) in [6.45, 7) is 8.78. The number of aryl methyl sites for hydroxylation is 1. The second-order valence-electron chi connectivity index (χ2n) is 5.10. The molecule has 1 heterocycles. The molecule has 19 heavy (non-hydrogen) atoms. The second-order valence-corrected chi connectivity index (χ2v) is 5.10. The lowest BCUT2D eigenvalue weighted by molar-refractivity contribution is 0.277. The Morgan fingerprint density at radius 1 is 1.32 bits per heavy atom. The number of pyridine rings is 1. The van der Waals surface area contributed by atoms with Crippen LogP contribution in [-0.2, 0) is 13.2 Å². The molecular formula is C15H26N2O2. The molecule has 0 saturated carbocycles. The van der Waals surface area contributed by atoms with Gasteiger partial charge in [-0.3, -0.25) is 4.98 Å². The summed E-state index contributed by atoms with van der Waals surface area (Å²) >= 11 is 0. The van der Waals surface area contributed by atoms with Crippen molar-refractivity contribution in [3.8, 4) is 5.75 Å². The van der Waals surface area contributed by atoms with Gasteiger partial charge in [-0.1, -0.05) is 26.7 Å². The van der Waals surface area contributed by atoms with Gasteiger partial charge in [0.05, 0.1) is 12.3 Å². The topological polar surface area (TPSA) is 65.4 Å². The minimum atomic E-state index is -0.1000. The summed E-state index contributed by atoms with van der Waals surface area (Å²) in [5, 5.41) is 22.8. The van der Waals surface area contributed by atoms with Gasteiger partial charge in [0.25, 0.3) is 0 Å². The standard InChI is InChI=1S/C15H26N2O2/c1-5-12(6-2)10(3)17-8-14-13(9-18)7-16-11(4)15(14)19/h7,10,12,17-19H,5-6,8-9H2,1-4H3. The Kier molecular flexibility index (Phi) is 6.25. The third-order valence-electron chi connectivity index (χ3n) is 3.96. The van der Waals surface area contributed by atoms with Gasteiger partial charge in [0.2, 0.25) is 0 Å². The largest absolute Gasteiger partial charge is 0.506 e. The molecule has 0 fully saturated rings. The zero-order chi connectivity index (χ0) is 14.4. The van der Waals surface area contributed by atoms with Crippen molar-refractivity contribution < 1.29 is 10.2 Å². The Morgan fingerprint density at radius 2 is 1.95 bits per heavy atom. The van der Waals surface area contributed by atoms with E-state index < -0.39 is 0 Å². The van der Waals surface area contributed by atoms with Gasteiger partial charge in [-0.05, 0) is 19.8 Å². The van der Waals surface area contributed by atoms with Gasteiger partial charge >= 0.3 is 0 Å². The van der Waals surface area contributed by atoms with Crippen molar-refractivity contribution in [3.05, 3.63) is 23.0 Å². The second kappa shape index (κ2) is 7.46. The molecular weight excluding hydrogens is 240 g/mol. The molecule has 0 aliphatic heterocycles. The lowest BCUT2D eigenvalue weighted by Crippen LogP contribution is -2.33. The molecule has 0 amide bonds. The molecule has 3 N–H and O–H groups in total. The van der Waals surface area contributed by atoms with E-state index in [0.29, 0.717) is 29.8 Å². The van der Waals surface area contributed by atoms with Gasteiger partial charge in [-0.25, -0.2) is 0 Å². The lowest BCUT2D eigenvalue weighted by atomic mass is 9.95. The zero-order valence-electron chi connectivity index (χ0n) is 12.4. The van der Waals surface area contributed by atoms with Crippen LogP contribution in [0.1, 0.15) is 50.4 Å². The van der Waals surface area contributed by atoms with E-state index in [4.69, 9.17) is 0 Å². The fraction of sp³-hybridized carbons (Fsp3) is 0.667. The molecule has 0 aliphatic carbocycles. The van der Waals surface area contributed by atoms with Crippen LogP contribution >= 0.6 is 0 Å². The van der Waals surface area contributed by atoms with Crippen molar-refractivity contribution in [1.29, 1.82) is 0 Å². The minimum absolute atomic E-state index is 0.1000. The van der Waals surface area contributed by atoms with E-state index in [-0.39, 0.29) is 12.4 Å². The third kappa shape index (κ3) is 3.91. The predicted octanol–water partition coefficient (Wildman–Crippen LogP) is 2.50. The van der Waals surface area contributed by atoms with E-state index in [1.54, 1.807) is 13.1 Å². The van der Waals surface area contributed by atoms with Crippen molar-refractivity contribution in [2.45, 2.75) is 59.7 Å². The molecule has 1 rings (SSSR count). The highest BCUT2D eigenvalue weighted by molar-refractivity contribution is 5.40. The first-order valence-corrected chi connectivity index (χ1v) is 7.05. The van der Waals surface area contributed by atoms with Crippen molar-refractivity contribution in [2.24, 2.45) is 5.92 Å². The monoisotopic (exact) mass is 266 g/mol. The minimum Gasteiger partial charge on any atom is -0.506 e. The van der Waals surface area contributed by atoms with Crippen LogP contribution in [0.4, 0.5) is 0 Å². The average Bonchev–Trinajstić information content (AvgIpc) is 2.41.